The first-order chi connectivity index (χ1) is 6.62. The number of rotatable bonds is 2. The third-order valence-corrected chi connectivity index (χ3v) is 0.864. The number of nitrogens with one attached hydrogen (secondary N) is 2. The van der Waals surface area contributed by atoms with Crippen LogP contribution in [0.5, 0.6) is 0 Å². The van der Waals surface area contributed by atoms with Crippen molar-refractivity contribution in [3.63, 3.8) is 0 Å². The van der Waals surface area contributed by atoms with Crippen molar-refractivity contribution >= 4 is 11.8 Å². The molecule has 0 aliphatic rings. The van der Waals surface area contributed by atoms with Gasteiger partial charge in [0.1, 0.15) is 0 Å². The van der Waals surface area contributed by atoms with Crippen molar-refractivity contribution in [2.24, 2.45) is 0 Å². The van der Waals surface area contributed by atoms with E-state index in [-0.39, 0.29) is 11.8 Å². The van der Waals surface area contributed by atoms with Crippen molar-refractivity contribution in [2.75, 3.05) is 21.2 Å². The van der Waals surface area contributed by atoms with Gasteiger partial charge in [-0.1, -0.05) is 13.2 Å². The number of aliphatic hydroxyl groups is 1. The fraction of sp³-hybridized carbons (Fsp3) is 0.333. The highest BCUT2D eigenvalue weighted by Crippen LogP contribution is 1.57. The minimum atomic E-state index is -0.144. The molecule has 0 aliphatic carbocycles. The SMILES string of the molecule is C=CC(=O)NC.C=CC(=O)NC.CO. The molecule has 0 heterocycles. The second-order valence-electron chi connectivity index (χ2n) is 1.64. The Morgan fingerprint density at radius 3 is 1.21 bits per heavy atom. The van der Waals surface area contributed by atoms with Crippen LogP contribution in [0, 0.1) is 0 Å². The van der Waals surface area contributed by atoms with Gasteiger partial charge in [-0.25, -0.2) is 0 Å². The fourth-order valence-electron chi connectivity index (χ4n) is 0.204. The van der Waals surface area contributed by atoms with E-state index in [1.165, 1.54) is 12.2 Å². The zero-order chi connectivity index (χ0) is 12.0. The van der Waals surface area contributed by atoms with E-state index in [1.54, 1.807) is 14.1 Å². The summed E-state index contributed by atoms with van der Waals surface area (Å²) in [6.45, 7) is 6.44. The molecule has 0 aromatic heterocycles. The summed E-state index contributed by atoms with van der Waals surface area (Å²) in [6, 6.07) is 0. The highest BCUT2D eigenvalue weighted by atomic mass is 16.2. The quantitative estimate of drug-likeness (QED) is 0.525. The fourth-order valence-corrected chi connectivity index (χ4v) is 0.204. The molecular weight excluding hydrogens is 184 g/mol. The highest BCUT2D eigenvalue weighted by molar-refractivity contribution is 5.86. The molecule has 0 atom stereocenters. The van der Waals surface area contributed by atoms with Crippen LogP contribution in [-0.4, -0.2) is 38.1 Å². The van der Waals surface area contributed by atoms with Gasteiger partial charge in [0.2, 0.25) is 11.8 Å². The zero-order valence-electron chi connectivity index (χ0n) is 8.83. The van der Waals surface area contributed by atoms with Gasteiger partial charge in [0.25, 0.3) is 0 Å². The van der Waals surface area contributed by atoms with E-state index in [2.05, 4.69) is 23.8 Å². The molecule has 0 rings (SSSR count). The van der Waals surface area contributed by atoms with Gasteiger partial charge in [-0.2, -0.15) is 0 Å². The van der Waals surface area contributed by atoms with Gasteiger partial charge < -0.3 is 15.7 Å². The first kappa shape index (κ1) is 18.2. The van der Waals surface area contributed by atoms with E-state index in [0.717, 1.165) is 7.11 Å². The van der Waals surface area contributed by atoms with Crippen molar-refractivity contribution in [1.29, 1.82) is 0 Å². The standard InChI is InChI=1S/2C4H7NO.CH4O/c2*1-3-4(6)5-2;1-2/h2*3H,1H2,2H3,(H,5,6);2H,1H3. The van der Waals surface area contributed by atoms with Crippen molar-refractivity contribution in [1.82, 2.24) is 10.6 Å². The lowest BCUT2D eigenvalue weighted by molar-refractivity contribution is -0.116. The monoisotopic (exact) mass is 202 g/mol. The predicted octanol–water partition coefficient (Wildman–Crippen LogP) is -0.555. The summed E-state index contributed by atoms with van der Waals surface area (Å²) >= 11 is 0. The van der Waals surface area contributed by atoms with E-state index in [9.17, 15) is 9.59 Å². The van der Waals surface area contributed by atoms with Crippen LogP contribution in [0.3, 0.4) is 0 Å². The molecule has 14 heavy (non-hydrogen) atoms. The summed E-state index contributed by atoms with van der Waals surface area (Å²) < 4.78 is 0. The Balaban J connectivity index is -0.000000147. The Morgan fingerprint density at radius 2 is 1.21 bits per heavy atom. The largest absolute Gasteiger partial charge is 0.400 e. The van der Waals surface area contributed by atoms with Gasteiger partial charge in [-0.3, -0.25) is 9.59 Å². The number of hydrogen-bond acceptors (Lipinski definition) is 3. The first-order valence-corrected chi connectivity index (χ1v) is 3.75. The number of amides is 2. The maximum absolute atomic E-state index is 9.95. The van der Waals surface area contributed by atoms with E-state index >= 15 is 0 Å². The molecule has 0 saturated carbocycles. The van der Waals surface area contributed by atoms with E-state index < -0.39 is 0 Å². The molecule has 0 saturated heterocycles. The number of aliphatic hydroxyl groups excluding tert-OH is 1. The summed E-state index contributed by atoms with van der Waals surface area (Å²) in [5, 5.41) is 11.7. The van der Waals surface area contributed by atoms with E-state index in [1.807, 2.05) is 0 Å². The van der Waals surface area contributed by atoms with Crippen LogP contribution in [0.2, 0.25) is 0 Å². The highest BCUT2D eigenvalue weighted by Gasteiger charge is 1.79. The lowest BCUT2D eigenvalue weighted by Gasteiger charge is -1.82. The molecular formula is C9H18N2O3. The normalized spacial score (nSPS) is 6.29. The van der Waals surface area contributed by atoms with Gasteiger partial charge in [-0.05, 0) is 12.2 Å². The Labute approximate surface area is 84.5 Å². The average molecular weight is 202 g/mol. The first-order valence-electron chi connectivity index (χ1n) is 3.75. The van der Waals surface area contributed by atoms with Gasteiger partial charge in [0.05, 0.1) is 0 Å². The summed E-state index contributed by atoms with van der Waals surface area (Å²) in [5.74, 6) is -0.287. The van der Waals surface area contributed by atoms with Crippen LogP contribution in [0.4, 0.5) is 0 Å². The van der Waals surface area contributed by atoms with Gasteiger partial charge in [0.15, 0.2) is 0 Å². The minimum Gasteiger partial charge on any atom is -0.400 e. The summed E-state index contributed by atoms with van der Waals surface area (Å²) in [7, 11) is 4.12. The van der Waals surface area contributed by atoms with Gasteiger partial charge in [-0.15, -0.1) is 0 Å². The molecule has 5 heteroatoms. The Bertz CT molecular complexity index is 159. The third-order valence-electron chi connectivity index (χ3n) is 0.864. The topological polar surface area (TPSA) is 78.4 Å². The molecule has 0 bridgehead atoms. The number of carbonyl (C=O) groups is 2. The van der Waals surface area contributed by atoms with Crippen molar-refractivity contribution in [3.05, 3.63) is 25.3 Å². The maximum Gasteiger partial charge on any atom is 0.243 e. The van der Waals surface area contributed by atoms with Crippen molar-refractivity contribution in [2.45, 2.75) is 0 Å². The lowest BCUT2D eigenvalue weighted by atomic mass is 10.6. The van der Waals surface area contributed by atoms with Gasteiger partial charge >= 0.3 is 0 Å². The predicted molar refractivity (Wildman–Crippen MR) is 56.7 cm³/mol. The van der Waals surface area contributed by atoms with Crippen LogP contribution < -0.4 is 10.6 Å². The maximum atomic E-state index is 9.95. The summed E-state index contributed by atoms with van der Waals surface area (Å²) in [5.41, 5.74) is 0. The molecule has 5 nitrogen and oxygen atoms in total. The van der Waals surface area contributed by atoms with Crippen LogP contribution in [0.15, 0.2) is 25.3 Å². The molecule has 0 aromatic rings. The number of likely N-dealkylation sites (N-methyl/N-ethyl adjacent to an activating group) is 2. The van der Waals surface area contributed by atoms with Crippen molar-refractivity contribution in [3.8, 4) is 0 Å². The molecule has 0 radical (unpaired) electrons. The van der Waals surface area contributed by atoms with Crippen molar-refractivity contribution < 1.29 is 14.7 Å². The average Bonchev–Trinajstić information content (AvgIpc) is 2.30. The Kier molecular flexibility index (Phi) is 22.7. The van der Waals surface area contributed by atoms with Gasteiger partial charge in [0, 0.05) is 21.2 Å². The smallest absolute Gasteiger partial charge is 0.243 e. The molecule has 2 amide bonds. The molecule has 3 N–H and O–H groups in total. The van der Waals surface area contributed by atoms with Crippen LogP contribution in [-0.2, 0) is 9.59 Å². The van der Waals surface area contributed by atoms with E-state index in [4.69, 9.17) is 5.11 Å². The molecule has 82 valence electrons. The summed E-state index contributed by atoms with van der Waals surface area (Å²) in [6.07, 6.45) is 2.44. The second kappa shape index (κ2) is 17.5. The second-order valence-corrected chi connectivity index (χ2v) is 1.64. The molecule has 0 aliphatic heterocycles. The molecule has 0 spiro atoms. The minimum absolute atomic E-state index is 0.144. The van der Waals surface area contributed by atoms with Crippen LogP contribution in [0.25, 0.3) is 0 Å². The van der Waals surface area contributed by atoms with Crippen LogP contribution in [0.1, 0.15) is 0 Å². The molecule has 0 unspecified atom stereocenters. The van der Waals surface area contributed by atoms with Crippen LogP contribution >= 0.6 is 0 Å². The Morgan fingerprint density at radius 1 is 1.00 bits per heavy atom. The Hall–Kier alpha value is -1.62. The number of hydrogen-bond donors (Lipinski definition) is 3. The van der Waals surface area contributed by atoms with E-state index in [0.29, 0.717) is 0 Å². The molecule has 0 aromatic carbocycles. The third kappa shape index (κ3) is 22.4. The molecule has 0 fully saturated rings. The lowest BCUT2D eigenvalue weighted by Crippen LogP contribution is -2.13. The number of carbonyl (C=O) groups excluding carboxylic acids is 2. The summed E-state index contributed by atoms with van der Waals surface area (Å²) in [4.78, 5) is 19.9. The zero-order valence-corrected chi connectivity index (χ0v) is 8.83.